The highest BCUT2D eigenvalue weighted by atomic mass is 16.4. The van der Waals surface area contributed by atoms with E-state index in [1.54, 1.807) is 6.07 Å². The fourth-order valence-corrected chi connectivity index (χ4v) is 3.04. The van der Waals surface area contributed by atoms with Crippen LogP contribution in [0.1, 0.15) is 24.3 Å². The van der Waals surface area contributed by atoms with Gasteiger partial charge in [-0.3, -0.25) is 0 Å². The zero-order chi connectivity index (χ0) is 12.2. The van der Waals surface area contributed by atoms with Crippen LogP contribution in [0.15, 0.2) is 18.2 Å². The lowest BCUT2D eigenvalue weighted by Crippen LogP contribution is -2.27. The van der Waals surface area contributed by atoms with Crippen molar-refractivity contribution in [1.82, 2.24) is 4.98 Å². The van der Waals surface area contributed by atoms with E-state index in [2.05, 4.69) is 23.7 Å². The summed E-state index contributed by atoms with van der Waals surface area (Å²) in [6.07, 6.45) is 0. The molecule has 4 nitrogen and oxygen atoms in total. The largest absolute Gasteiger partial charge is 0.477 e. The molecule has 1 aliphatic heterocycles. The van der Waals surface area contributed by atoms with Crippen LogP contribution in [-0.4, -0.2) is 29.1 Å². The molecule has 1 saturated carbocycles. The van der Waals surface area contributed by atoms with Gasteiger partial charge in [0.05, 0.1) is 0 Å². The minimum Gasteiger partial charge on any atom is -0.477 e. The molecular formula is C13H16N2O2. The maximum atomic E-state index is 10.9. The molecule has 0 aromatic carbocycles. The van der Waals surface area contributed by atoms with E-state index >= 15 is 0 Å². The normalized spacial score (nSPS) is 28.9. The van der Waals surface area contributed by atoms with Gasteiger partial charge in [-0.2, -0.15) is 0 Å². The first kappa shape index (κ1) is 10.6. The molecule has 2 heterocycles. The van der Waals surface area contributed by atoms with Crippen LogP contribution >= 0.6 is 0 Å². The Morgan fingerprint density at radius 1 is 1.41 bits per heavy atom. The van der Waals surface area contributed by atoms with Gasteiger partial charge in [0, 0.05) is 13.1 Å². The number of carboxylic acids is 1. The van der Waals surface area contributed by atoms with E-state index in [9.17, 15) is 4.79 Å². The number of aromatic nitrogens is 1. The number of piperidine rings is 1. The van der Waals surface area contributed by atoms with Gasteiger partial charge in [0.2, 0.25) is 0 Å². The SMILES string of the molecule is CC1(C)C2CN(c3cccc(C(=O)O)n3)CC21. The molecule has 2 unspecified atom stereocenters. The van der Waals surface area contributed by atoms with Gasteiger partial charge in [0.25, 0.3) is 0 Å². The standard InChI is InChI=1S/C13H16N2O2/c1-13(2)8-6-15(7-9(8)13)11-5-3-4-10(14-11)12(16)17/h3-5,8-9H,6-7H2,1-2H3,(H,16,17). The fraction of sp³-hybridized carbons (Fsp3) is 0.538. The molecule has 1 N–H and O–H groups in total. The Morgan fingerprint density at radius 2 is 2.06 bits per heavy atom. The third-order valence-corrected chi connectivity index (χ3v) is 4.40. The summed E-state index contributed by atoms with van der Waals surface area (Å²) in [6.45, 7) is 6.63. The number of hydrogen-bond donors (Lipinski definition) is 1. The molecule has 2 fully saturated rings. The van der Waals surface area contributed by atoms with Crippen molar-refractivity contribution in [3.8, 4) is 0 Å². The Labute approximate surface area is 100 Å². The third kappa shape index (κ3) is 1.51. The van der Waals surface area contributed by atoms with E-state index < -0.39 is 5.97 Å². The monoisotopic (exact) mass is 232 g/mol. The number of carbonyl (C=O) groups is 1. The topological polar surface area (TPSA) is 53.4 Å². The van der Waals surface area contributed by atoms with Crippen molar-refractivity contribution >= 4 is 11.8 Å². The van der Waals surface area contributed by atoms with Gasteiger partial charge in [0.1, 0.15) is 5.82 Å². The van der Waals surface area contributed by atoms with Crippen LogP contribution in [-0.2, 0) is 0 Å². The van der Waals surface area contributed by atoms with Gasteiger partial charge in [0.15, 0.2) is 5.69 Å². The molecule has 0 amide bonds. The maximum absolute atomic E-state index is 10.9. The van der Waals surface area contributed by atoms with Crippen molar-refractivity contribution in [3.05, 3.63) is 23.9 Å². The fourth-order valence-electron chi connectivity index (χ4n) is 3.04. The minimum absolute atomic E-state index is 0.127. The van der Waals surface area contributed by atoms with Gasteiger partial charge in [-0.25, -0.2) is 9.78 Å². The quantitative estimate of drug-likeness (QED) is 0.845. The Bertz CT molecular complexity index is 470. The third-order valence-electron chi connectivity index (χ3n) is 4.40. The molecule has 2 atom stereocenters. The second-order valence-electron chi connectivity index (χ2n) is 5.63. The molecule has 1 aliphatic carbocycles. The molecule has 0 spiro atoms. The summed E-state index contributed by atoms with van der Waals surface area (Å²) in [5.74, 6) is 1.33. The lowest BCUT2D eigenvalue weighted by atomic mass is 10.1. The van der Waals surface area contributed by atoms with Crippen molar-refractivity contribution in [2.24, 2.45) is 17.3 Å². The minimum atomic E-state index is -0.962. The lowest BCUT2D eigenvalue weighted by Gasteiger charge is -2.23. The molecule has 0 bridgehead atoms. The van der Waals surface area contributed by atoms with Crippen LogP contribution in [0, 0.1) is 17.3 Å². The summed E-state index contributed by atoms with van der Waals surface area (Å²) in [6, 6.07) is 5.19. The highest BCUT2D eigenvalue weighted by Crippen LogP contribution is 2.62. The first-order valence-electron chi connectivity index (χ1n) is 5.95. The molecule has 17 heavy (non-hydrogen) atoms. The Morgan fingerprint density at radius 3 is 2.65 bits per heavy atom. The predicted molar refractivity (Wildman–Crippen MR) is 64.2 cm³/mol. The second-order valence-corrected chi connectivity index (χ2v) is 5.63. The highest BCUT2D eigenvalue weighted by Gasteiger charge is 2.62. The summed E-state index contributed by atoms with van der Waals surface area (Å²) in [7, 11) is 0. The van der Waals surface area contributed by atoms with E-state index in [4.69, 9.17) is 5.11 Å². The number of fused-ring (bicyclic) bond motifs is 1. The van der Waals surface area contributed by atoms with Crippen molar-refractivity contribution in [1.29, 1.82) is 0 Å². The summed E-state index contributed by atoms with van der Waals surface area (Å²) < 4.78 is 0. The molecule has 90 valence electrons. The number of rotatable bonds is 2. The lowest BCUT2D eigenvalue weighted by molar-refractivity contribution is 0.0690. The summed E-state index contributed by atoms with van der Waals surface area (Å²) in [5.41, 5.74) is 0.600. The molecule has 0 radical (unpaired) electrons. The molecule has 2 aliphatic rings. The molecular weight excluding hydrogens is 216 g/mol. The van der Waals surface area contributed by atoms with E-state index in [-0.39, 0.29) is 5.69 Å². The highest BCUT2D eigenvalue weighted by molar-refractivity contribution is 5.85. The van der Waals surface area contributed by atoms with Gasteiger partial charge in [-0.05, 0) is 29.4 Å². The maximum Gasteiger partial charge on any atom is 0.354 e. The van der Waals surface area contributed by atoms with E-state index in [1.807, 2.05) is 6.07 Å². The number of pyridine rings is 1. The second kappa shape index (κ2) is 3.22. The molecule has 1 aromatic rings. The van der Waals surface area contributed by atoms with Gasteiger partial charge in [-0.1, -0.05) is 19.9 Å². The summed E-state index contributed by atoms with van der Waals surface area (Å²) in [5, 5.41) is 8.91. The molecule has 3 rings (SSSR count). The van der Waals surface area contributed by atoms with Crippen LogP contribution < -0.4 is 4.90 Å². The van der Waals surface area contributed by atoms with Gasteiger partial charge in [-0.15, -0.1) is 0 Å². The number of anilines is 1. The number of aromatic carboxylic acids is 1. The molecule has 1 aromatic heterocycles. The zero-order valence-corrected chi connectivity index (χ0v) is 10.1. The smallest absolute Gasteiger partial charge is 0.354 e. The van der Waals surface area contributed by atoms with Crippen molar-refractivity contribution in [3.63, 3.8) is 0 Å². The van der Waals surface area contributed by atoms with Crippen molar-refractivity contribution in [2.45, 2.75) is 13.8 Å². The zero-order valence-electron chi connectivity index (χ0n) is 10.1. The van der Waals surface area contributed by atoms with Crippen LogP contribution in [0.25, 0.3) is 0 Å². The van der Waals surface area contributed by atoms with Crippen molar-refractivity contribution < 1.29 is 9.90 Å². The average molecular weight is 232 g/mol. The van der Waals surface area contributed by atoms with Crippen LogP contribution in [0.4, 0.5) is 5.82 Å². The van der Waals surface area contributed by atoms with Gasteiger partial charge < -0.3 is 10.0 Å². The Kier molecular flexibility index (Phi) is 2.00. The van der Waals surface area contributed by atoms with E-state index in [0.717, 1.165) is 30.7 Å². The first-order chi connectivity index (χ1) is 8.00. The predicted octanol–water partition coefficient (Wildman–Crippen LogP) is 1.87. The van der Waals surface area contributed by atoms with Crippen LogP contribution in [0.5, 0.6) is 0 Å². The average Bonchev–Trinajstić information content (AvgIpc) is 2.71. The number of nitrogens with zero attached hydrogens (tertiary/aromatic N) is 2. The van der Waals surface area contributed by atoms with E-state index in [1.165, 1.54) is 6.07 Å². The van der Waals surface area contributed by atoms with Crippen molar-refractivity contribution in [2.75, 3.05) is 18.0 Å². The number of carboxylic acid groups (broad SMARTS) is 1. The van der Waals surface area contributed by atoms with Crippen LogP contribution in [0.2, 0.25) is 0 Å². The first-order valence-corrected chi connectivity index (χ1v) is 5.95. The summed E-state index contributed by atoms with van der Waals surface area (Å²) in [4.78, 5) is 17.2. The molecule has 4 heteroatoms. The van der Waals surface area contributed by atoms with Crippen LogP contribution in [0.3, 0.4) is 0 Å². The summed E-state index contributed by atoms with van der Waals surface area (Å²) >= 11 is 0. The Hall–Kier alpha value is -1.58. The van der Waals surface area contributed by atoms with Gasteiger partial charge >= 0.3 is 5.97 Å². The Balaban J connectivity index is 1.79. The number of hydrogen-bond acceptors (Lipinski definition) is 3. The van der Waals surface area contributed by atoms with E-state index in [0.29, 0.717) is 5.41 Å². The molecule has 1 saturated heterocycles.